The Balaban J connectivity index is 1.56. The molecule has 45 heavy (non-hydrogen) atoms. The lowest BCUT2D eigenvalue weighted by atomic mass is 9.81. The van der Waals surface area contributed by atoms with Crippen molar-refractivity contribution in [3.63, 3.8) is 0 Å². The molecule has 10 nitrogen and oxygen atoms in total. The smallest absolute Gasteiger partial charge is 0.266 e. The Kier molecular flexibility index (Phi) is 10.7. The summed E-state index contributed by atoms with van der Waals surface area (Å²) in [4.78, 5) is 22.4. The molecule has 1 aliphatic rings. The summed E-state index contributed by atoms with van der Waals surface area (Å²) in [6, 6.07) is 29.1. The van der Waals surface area contributed by atoms with Gasteiger partial charge in [0.1, 0.15) is 5.75 Å². The fraction of sp³-hybridized carbons (Fsp3) is 0.212. The minimum atomic E-state index is -1.52. The van der Waals surface area contributed by atoms with E-state index in [-0.39, 0.29) is 18.9 Å². The Bertz CT molecular complexity index is 1710. The molecule has 5 rings (SSSR count). The highest BCUT2D eigenvalue weighted by atomic mass is 79.9. The van der Waals surface area contributed by atoms with Crippen molar-refractivity contribution in [2.75, 3.05) is 13.2 Å². The van der Waals surface area contributed by atoms with Gasteiger partial charge in [0, 0.05) is 57.2 Å². The van der Waals surface area contributed by atoms with Gasteiger partial charge in [-0.15, -0.1) is 0 Å². The topological polar surface area (TPSA) is 141 Å². The number of aliphatic hydroxyl groups excluding tert-OH is 1. The van der Waals surface area contributed by atoms with Crippen LogP contribution in [0, 0.1) is 0 Å². The van der Waals surface area contributed by atoms with E-state index in [1.165, 1.54) is 0 Å². The summed E-state index contributed by atoms with van der Waals surface area (Å²) in [6.07, 6.45) is -0.277. The number of hydrazine groups is 1. The van der Waals surface area contributed by atoms with Gasteiger partial charge in [0.05, 0.1) is 6.61 Å². The van der Waals surface area contributed by atoms with Crippen LogP contribution in [0.1, 0.15) is 34.8 Å². The average molecular weight is 690 g/mol. The third-order valence-electron chi connectivity index (χ3n) is 7.23. The van der Waals surface area contributed by atoms with Gasteiger partial charge in [-0.05, 0) is 59.1 Å². The van der Waals surface area contributed by atoms with Gasteiger partial charge in [0.25, 0.3) is 5.91 Å². The number of carbonyl (C=O) groups excluding carboxylic acids is 1. The third kappa shape index (κ3) is 7.65. The van der Waals surface area contributed by atoms with Crippen molar-refractivity contribution in [3.8, 4) is 5.75 Å². The molecule has 0 saturated carbocycles. The molecule has 1 aliphatic heterocycles. The standard InChI is InChI=1S/C33H30BrClN6O4/c34-28-8-3-2-7-27(28)30-33(20-24-6-1-4-9-29(24)39-41-36,32(43)40-37-21-22-10-14-25(35)15-11-22)38-31(45-30)23-12-16-26(17-13-23)44-19-5-18-42/h1-4,6-17,30,37,42H,5,18-21H2,(H,40,43)/t30-,33-/m0/s1. The maximum absolute atomic E-state index is 14.4. The second kappa shape index (κ2) is 15.1. The maximum atomic E-state index is 14.4. The molecule has 0 saturated heterocycles. The summed E-state index contributed by atoms with van der Waals surface area (Å²) in [7, 11) is 0. The molecule has 0 fully saturated rings. The minimum Gasteiger partial charge on any atom is -0.494 e. The number of ether oxygens (including phenoxy) is 2. The van der Waals surface area contributed by atoms with Gasteiger partial charge in [-0.2, -0.15) is 0 Å². The van der Waals surface area contributed by atoms with E-state index in [9.17, 15) is 10.3 Å². The van der Waals surface area contributed by atoms with Gasteiger partial charge in [-0.1, -0.05) is 87.2 Å². The normalized spacial score (nSPS) is 17.1. The number of nitrogens with one attached hydrogen (secondary N) is 2. The van der Waals surface area contributed by atoms with Crippen LogP contribution in [0.5, 0.6) is 5.75 Å². The number of amides is 1. The number of aliphatic hydroxyl groups is 1. The van der Waals surface area contributed by atoms with Crippen LogP contribution in [-0.2, 0) is 22.5 Å². The lowest BCUT2D eigenvalue weighted by Gasteiger charge is -2.31. The third-order valence-corrected chi connectivity index (χ3v) is 8.20. The number of carbonyl (C=O) groups is 1. The quantitative estimate of drug-likeness (QED) is 0.0451. The first-order valence-electron chi connectivity index (χ1n) is 14.2. The van der Waals surface area contributed by atoms with E-state index >= 15 is 0 Å². The van der Waals surface area contributed by atoms with Crippen molar-refractivity contribution >= 4 is 45.0 Å². The van der Waals surface area contributed by atoms with Crippen molar-refractivity contribution < 1.29 is 19.4 Å². The molecule has 1 amide bonds. The fourth-order valence-corrected chi connectivity index (χ4v) is 5.60. The molecule has 0 aromatic heterocycles. The highest BCUT2D eigenvalue weighted by Crippen LogP contribution is 2.45. The highest BCUT2D eigenvalue weighted by molar-refractivity contribution is 9.10. The summed E-state index contributed by atoms with van der Waals surface area (Å²) in [6.45, 7) is 0.762. The Morgan fingerprint density at radius 1 is 1.07 bits per heavy atom. The minimum absolute atomic E-state index is 0.0423. The zero-order chi connectivity index (χ0) is 31.6. The molecular weight excluding hydrogens is 660 g/mol. The molecular formula is C33H30BrClN6O4. The largest absolute Gasteiger partial charge is 0.494 e. The monoisotopic (exact) mass is 688 g/mol. The molecule has 12 heteroatoms. The molecule has 0 aliphatic carbocycles. The number of hydrogen-bond acceptors (Lipinski definition) is 7. The molecule has 0 radical (unpaired) electrons. The summed E-state index contributed by atoms with van der Waals surface area (Å²) >= 11 is 9.68. The molecule has 0 unspecified atom stereocenters. The van der Waals surface area contributed by atoms with E-state index in [0.29, 0.717) is 52.7 Å². The van der Waals surface area contributed by atoms with Crippen molar-refractivity contribution in [1.29, 1.82) is 0 Å². The Hall–Kier alpha value is -4.38. The van der Waals surface area contributed by atoms with Gasteiger partial charge >= 0.3 is 0 Å². The second-order valence-electron chi connectivity index (χ2n) is 10.2. The lowest BCUT2D eigenvalue weighted by Crippen LogP contribution is -2.53. The molecule has 1 heterocycles. The zero-order valence-electron chi connectivity index (χ0n) is 24.1. The van der Waals surface area contributed by atoms with Crippen molar-refractivity contribution in [2.45, 2.75) is 31.0 Å². The van der Waals surface area contributed by atoms with Gasteiger partial charge < -0.3 is 14.6 Å². The van der Waals surface area contributed by atoms with Crippen LogP contribution in [0.15, 0.2) is 112 Å². The Morgan fingerprint density at radius 2 is 1.80 bits per heavy atom. The Labute approximate surface area is 273 Å². The zero-order valence-corrected chi connectivity index (χ0v) is 26.4. The van der Waals surface area contributed by atoms with Crippen LogP contribution in [0.3, 0.4) is 0 Å². The van der Waals surface area contributed by atoms with Crippen LogP contribution >= 0.6 is 27.5 Å². The molecule has 0 spiro atoms. The van der Waals surface area contributed by atoms with Crippen molar-refractivity contribution in [1.82, 2.24) is 10.9 Å². The average Bonchev–Trinajstić information content (AvgIpc) is 3.44. The van der Waals surface area contributed by atoms with Crippen LogP contribution in [-0.4, -0.2) is 35.7 Å². The number of azide groups is 1. The van der Waals surface area contributed by atoms with E-state index < -0.39 is 17.6 Å². The summed E-state index contributed by atoms with van der Waals surface area (Å²) in [5.74, 6) is 0.463. The van der Waals surface area contributed by atoms with Gasteiger partial charge in [-0.25, -0.2) is 10.4 Å². The van der Waals surface area contributed by atoms with Crippen LogP contribution < -0.4 is 15.6 Å². The molecule has 4 aromatic carbocycles. The summed E-state index contributed by atoms with van der Waals surface area (Å²) < 4.78 is 13.0. The van der Waals surface area contributed by atoms with Crippen LogP contribution in [0.2, 0.25) is 5.02 Å². The number of benzene rings is 4. The fourth-order valence-electron chi connectivity index (χ4n) is 4.98. The first-order chi connectivity index (χ1) is 21.9. The van der Waals surface area contributed by atoms with E-state index in [0.717, 1.165) is 10.0 Å². The van der Waals surface area contributed by atoms with Crippen LogP contribution in [0.25, 0.3) is 10.4 Å². The van der Waals surface area contributed by atoms with Crippen molar-refractivity contribution in [2.24, 2.45) is 10.1 Å². The first kappa shape index (κ1) is 32.0. The first-order valence-corrected chi connectivity index (χ1v) is 15.4. The lowest BCUT2D eigenvalue weighted by molar-refractivity contribution is -0.130. The summed E-state index contributed by atoms with van der Waals surface area (Å²) in [5.41, 5.74) is 16.9. The number of nitrogens with zero attached hydrogens (tertiary/aromatic N) is 4. The predicted octanol–water partition coefficient (Wildman–Crippen LogP) is 7.13. The van der Waals surface area contributed by atoms with E-state index in [1.54, 1.807) is 36.4 Å². The number of aliphatic imine (C=N–C) groups is 1. The molecule has 4 aromatic rings. The molecule has 3 N–H and O–H groups in total. The van der Waals surface area contributed by atoms with E-state index in [2.05, 4.69) is 36.8 Å². The van der Waals surface area contributed by atoms with E-state index in [1.807, 2.05) is 60.7 Å². The highest BCUT2D eigenvalue weighted by Gasteiger charge is 2.54. The number of halogens is 2. The van der Waals surface area contributed by atoms with E-state index in [4.69, 9.17) is 31.2 Å². The number of rotatable bonds is 13. The van der Waals surface area contributed by atoms with Gasteiger partial charge in [-0.3, -0.25) is 10.2 Å². The van der Waals surface area contributed by atoms with Crippen molar-refractivity contribution in [3.05, 3.63) is 139 Å². The SMILES string of the molecule is [N-]=[N+]=Nc1ccccc1C[C@]1(C(=O)NNCc2ccc(Cl)cc2)N=C(c2ccc(OCCCO)cc2)O[C@H]1c1ccccc1Br. The Morgan fingerprint density at radius 3 is 2.53 bits per heavy atom. The molecule has 0 bridgehead atoms. The van der Waals surface area contributed by atoms with Gasteiger partial charge in [0.2, 0.25) is 5.90 Å². The molecule has 2 atom stereocenters. The van der Waals surface area contributed by atoms with Crippen LogP contribution in [0.4, 0.5) is 5.69 Å². The summed E-state index contributed by atoms with van der Waals surface area (Å²) in [5, 5.41) is 13.6. The van der Waals surface area contributed by atoms with Gasteiger partial charge in [0.15, 0.2) is 11.6 Å². The number of hydrogen-bond donors (Lipinski definition) is 3. The maximum Gasteiger partial charge on any atom is 0.266 e. The molecule has 230 valence electrons. The predicted molar refractivity (Wildman–Crippen MR) is 176 cm³/mol. The second-order valence-corrected chi connectivity index (χ2v) is 11.5.